The largest absolute Gasteiger partial charge is 0.489 e. The van der Waals surface area contributed by atoms with Crippen LogP contribution in [-0.2, 0) is 4.74 Å². The minimum Gasteiger partial charge on any atom is -0.489 e. The molecule has 0 fully saturated rings. The van der Waals surface area contributed by atoms with E-state index in [-0.39, 0.29) is 30.2 Å². The van der Waals surface area contributed by atoms with Crippen molar-refractivity contribution in [1.29, 1.82) is 0 Å². The van der Waals surface area contributed by atoms with Crippen molar-refractivity contribution in [3.8, 4) is 5.75 Å². The molecule has 292 valence electrons. The van der Waals surface area contributed by atoms with Crippen molar-refractivity contribution in [3.63, 3.8) is 0 Å². The van der Waals surface area contributed by atoms with Gasteiger partial charge in [0.05, 0.1) is 22.9 Å². The first-order valence-electron chi connectivity index (χ1n) is 21.7. The molecule has 0 saturated carbocycles. The van der Waals surface area contributed by atoms with Gasteiger partial charge in [-0.25, -0.2) is 9.98 Å². The zero-order valence-electron chi connectivity index (χ0n) is 33.7. The summed E-state index contributed by atoms with van der Waals surface area (Å²) in [5.41, 5.74) is 11.1. The fraction of sp³-hybridized carbons (Fsp3) is 0.283. The van der Waals surface area contributed by atoms with Gasteiger partial charge < -0.3 is 18.9 Å². The van der Waals surface area contributed by atoms with Crippen LogP contribution in [-0.4, -0.2) is 40.4 Å². The summed E-state index contributed by atoms with van der Waals surface area (Å²) in [4.78, 5) is 13.3. The van der Waals surface area contributed by atoms with E-state index in [1.165, 1.54) is 62.6 Å². The predicted molar refractivity (Wildman–Crippen MR) is 240 cm³/mol. The third-order valence-electron chi connectivity index (χ3n) is 13.9. The molecule has 7 atom stereocenters. The first-order valence-corrected chi connectivity index (χ1v) is 21.7. The maximum absolute atomic E-state index is 6.93. The molecule has 1 aromatic heterocycles. The summed E-state index contributed by atoms with van der Waals surface area (Å²) in [7, 11) is 2.17. The van der Waals surface area contributed by atoms with Crippen molar-refractivity contribution in [3.05, 3.63) is 179 Å². The van der Waals surface area contributed by atoms with Gasteiger partial charge in [0.15, 0.2) is 12.0 Å². The Bertz CT molecular complexity index is 2810. The van der Waals surface area contributed by atoms with Gasteiger partial charge in [0.1, 0.15) is 29.6 Å². The standard InChI is InChI=1S/C53H48N4O2/c1-32-14-6-7-17-36(32)53-55-51(40-20-12-24-46-49(40)38-19-9-11-23-45(38)58-46)54-52(56(53)2)35-26-28-39-48(31-35)59-47-25-13-22-44(50(39)47)57-42-21-10-8-18-37(42)41-30-34(27-29-43(41)57)33-15-4-3-5-16-33/h3-5,8-10,12-13,15,17-22,24-33,46-47,49-50,52H,6-7,11,14,16,23H2,1-2H3. The molecular weight excluding hydrogens is 725 g/mol. The Morgan fingerprint density at radius 1 is 0.763 bits per heavy atom. The van der Waals surface area contributed by atoms with Gasteiger partial charge in [0, 0.05) is 58.1 Å². The molecule has 8 aliphatic rings. The van der Waals surface area contributed by atoms with E-state index in [4.69, 9.17) is 19.5 Å². The van der Waals surface area contributed by atoms with Crippen LogP contribution in [0.3, 0.4) is 0 Å². The van der Waals surface area contributed by atoms with Gasteiger partial charge in [-0.3, -0.25) is 0 Å². The highest BCUT2D eigenvalue weighted by Crippen LogP contribution is 2.50. The third kappa shape index (κ3) is 5.52. The minimum absolute atomic E-state index is 0.0230. The monoisotopic (exact) mass is 772 g/mol. The van der Waals surface area contributed by atoms with Crippen LogP contribution in [0, 0.1) is 11.8 Å². The second kappa shape index (κ2) is 13.7. The molecule has 0 amide bonds. The molecule has 0 N–H and O–H groups in total. The number of likely N-dealkylation sites (N-methyl/N-ethyl adjacent to an activating group) is 1. The molecule has 0 bridgehead atoms. The number of para-hydroxylation sites is 1. The zero-order chi connectivity index (χ0) is 39.2. The summed E-state index contributed by atoms with van der Waals surface area (Å²) in [5.74, 6) is 4.86. The van der Waals surface area contributed by atoms with Gasteiger partial charge in [-0.05, 0) is 91.7 Å². The molecule has 12 rings (SSSR count). The van der Waals surface area contributed by atoms with E-state index in [0.717, 1.165) is 60.0 Å². The number of aromatic nitrogens is 1. The number of fused-ring (bicyclic) bond motifs is 8. The SMILES string of the molecule is CC1CCCC=C1C1=NC(C2=CC=CC3OC4=C(C=CCC4)C23)=NC(c2ccc3c(c2)OC2C=CC=C(n4c5ccccc5c5cc(C6C=CC=CC6)ccc54)C32)N1C. The van der Waals surface area contributed by atoms with Crippen LogP contribution in [0.5, 0.6) is 5.75 Å². The number of hydrogen-bond donors (Lipinski definition) is 0. The van der Waals surface area contributed by atoms with Gasteiger partial charge in [-0.1, -0.05) is 104 Å². The average molecular weight is 773 g/mol. The summed E-state index contributed by atoms with van der Waals surface area (Å²) in [5, 5.41) is 2.57. The second-order valence-electron chi connectivity index (χ2n) is 17.4. The highest BCUT2D eigenvalue weighted by atomic mass is 16.5. The maximum atomic E-state index is 6.93. The Morgan fingerprint density at radius 2 is 1.63 bits per heavy atom. The highest BCUT2D eigenvalue weighted by molar-refractivity contribution is 6.14. The molecule has 4 aromatic rings. The molecule has 0 radical (unpaired) electrons. The first-order chi connectivity index (χ1) is 29.1. The Morgan fingerprint density at radius 3 is 2.53 bits per heavy atom. The lowest BCUT2D eigenvalue weighted by Crippen LogP contribution is -2.39. The van der Waals surface area contributed by atoms with E-state index in [1.54, 1.807) is 0 Å². The van der Waals surface area contributed by atoms with E-state index < -0.39 is 0 Å². The number of aliphatic imine (C=N–C) groups is 2. The average Bonchev–Trinajstić information content (AvgIpc) is 3.96. The third-order valence-corrected chi connectivity index (χ3v) is 13.9. The van der Waals surface area contributed by atoms with Crippen LogP contribution >= 0.6 is 0 Å². The molecular formula is C53H48N4O2. The number of nitrogens with zero attached hydrogens (tertiary/aromatic N) is 4. The summed E-state index contributed by atoms with van der Waals surface area (Å²) in [6.45, 7) is 2.35. The lowest BCUT2D eigenvalue weighted by atomic mass is 9.81. The van der Waals surface area contributed by atoms with Crippen molar-refractivity contribution in [2.45, 2.75) is 75.7 Å². The van der Waals surface area contributed by atoms with Crippen molar-refractivity contribution in [2.24, 2.45) is 21.8 Å². The van der Waals surface area contributed by atoms with E-state index in [2.05, 4.69) is 163 Å². The minimum atomic E-state index is -0.265. The van der Waals surface area contributed by atoms with E-state index in [9.17, 15) is 0 Å². The fourth-order valence-corrected chi connectivity index (χ4v) is 11.0. The van der Waals surface area contributed by atoms with Gasteiger partial charge in [0.2, 0.25) is 0 Å². The lowest BCUT2D eigenvalue weighted by molar-refractivity contribution is 0.156. The summed E-state index contributed by atoms with van der Waals surface area (Å²) >= 11 is 0. The van der Waals surface area contributed by atoms with Crippen molar-refractivity contribution >= 4 is 39.2 Å². The summed E-state index contributed by atoms with van der Waals surface area (Å²) in [6, 6.07) is 22.8. The summed E-state index contributed by atoms with van der Waals surface area (Å²) in [6.07, 6.45) is 35.2. The molecule has 0 spiro atoms. The second-order valence-corrected chi connectivity index (χ2v) is 17.4. The Balaban J connectivity index is 0.936. The smallest absolute Gasteiger partial charge is 0.156 e. The quantitative estimate of drug-likeness (QED) is 0.203. The first kappa shape index (κ1) is 34.9. The van der Waals surface area contributed by atoms with E-state index >= 15 is 0 Å². The number of hydrogen-bond acceptors (Lipinski definition) is 5. The molecule has 4 heterocycles. The Kier molecular flexibility index (Phi) is 8.11. The number of ether oxygens (including phenoxy) is 2. The molecule has 3 aliphatic heterocycles. The Labute approximate surface area is 346 Å². The molecule has 5 aliphatic carbocycles. The normalized spacial score (nSPS) is 28.9. The van der Waals surface area contributed by atoms with Crippen LogP contribution < -0.4 is 4.74 Å². The topological polar surface area (TPSA) is 51.4 Å². The van der Waals surface area contributed by atoms with Crippen molar-refractivity contribution in [1.82, 2.24) is 9.47 Å². The van der Waals surface area contributed by atoms with Gasteiger partial charge in [-0.15, -0.1) is 0 Å². The molecule has 6 nitrogen and oxygen atoms in total. The van der Waals surface area contributed by atoms with Crippen LogP contribution in [0.2, 0.25) is 0 Å². The van der Waals surface area contributed by atoms with E-state index in [0.29, 0.717) is 11.8 Å². The zero-order valence-corrected chi connectivity index (χ0v) is 33.7. The number of amidine groups is 2. The molecule has 3 aromatic carbocycles. The van der Waals surface area contributed by atoms with Crippen LogP contribution in [0.15, 0.2) is 172 Å². The van der Waals surface area contributed by atoms with Crippen molar-refractivity contribution < 1.29 is 9.47 Å². The molecule has 59 heavy (non-hydrogen) atoms. The van der Waals surface area contributed by atoms with Crippen LogP contribution in [0.25, 0.3) is 27.5 Å². The highest BCUT2D eigenvalue weighted by Gasteiger charge is 2.43. The predicted octanol–water partition coefficient (Wildman–Crippen LogP) is 12.0. The summed E-state index contributed by atoms with van der Waals surface area (Å²) < 4.78 is 16.0. The number of benzene rings is 3. The number of allylic oxidation sites excluding steroid dienone is 12. The molecule has 6 heteroatoms. The fourth-order valence-electron chi connectivity index (χ4n) is 11.0. The van der Waals surface area contributed by atoms with Gasteiger partial charge in [-0.2, -0.15) is 0 Å². The van der Waals surface area contributed by atoms with Crippen LogP contribution in [0.1, 0.15) is 80.1 Å². The molecule has 7 unspecified atom stereocenters. The van der Waals surface area contributed by atoms with Gasteiger partial charge in [0.25, 0.3) is 0 Å². The van der Waals surface area contributed by atoms with Gasteiger partial charge >= 0.3 is 0 Å². The van der Waals surface area contributed by atoms with E-state index in [1.807, 2.05) is 0 Å². The Hall–Kier alpha value is -6.14. The lowest BCUT2D eigenvalue weighted by Gasteiger charge is -2.37. The number of rotatable bonds is 5. The maximum Gasteiger partial charge on any atom is 0.156 e. The van der Waals surface area contributed by atoms with Crippen LogP contribution in [0.4, 0.5) is 0 Å². The van der Waals surface area contributed by atoms with Crippen molar-refractivity contribution in [2.75, 3.05) is 7.05 Å². The molecule has 0 saturated heterocycles.